The summed E-state index contributed by atoms with van der Waals surface area (Å²) < 4.78 is 5.66. The highest BCUT2D eigenvalue weighted by molar-refractivity contribution is 4.89. The van der Waals surface area contributed by atoms with Gasteiger partial charge in [-0.05, 0) is 43.6 Å². The summed E-state index contributed by atoms with van der Waals surface area (Å²) in [5, 5.41) is 3.62. The van der Waals surface area contributed by atoms with Crippen molar-refractivity contribution in [3.05, 3.63) is 0 Å². The highest BCUT2D eigenvalue weighted by Gasteiger charge is 2.35. The van der Waals surface area contributed by atoms with Crippen LogP contribution in [0.2, 0.25) is 0 Å². The van der Waals surface area contributed by atoms with Crippen molar-refractivity contribution in [3.63, 3.8) is 0 Å². The van der Waals surface area contributed by atoms with Crippen LogP contribution in [-0.2, 0) is 4.74 Å². The first-order valence-electron chi connectivity index (χ1n) is 6.75. The molecule has 0 aromatic rings. The van der Waals surface area contributed by atoms with Crippen LogP contribution in [0.1, 0.15) is 53.4 Å². The second-order valence-corrected chi connectivity index (χ2v) is 6.21. The highest BCUT2D eigenvalue weighted by Crippen LogP contribution is 2.38. The maximum Gasteiger partial charge on any atom is 0.0727 e. The van der Waals surface area contributed by atoms with Crippen molar-refractivity contribution in [1.29, 1.82) is 0 Å². The molecule has 3 unspecified atom stereocenters. The molecule has 2 nitrogen and oxygen atoms in total. The number of hydrogen-bond donors (Lipinski definition) is 1. The maximum absolute atomic E-state index is 5.66. The second kappa shape index (κ2) is 6.02. The number of nitrogens with one attached hydrogen (secondary N) is 1. The molecular weight excluding hydrogens is 198 g/mol. The summed E-state index contributed by atoms with van der Waals surface area (Å²) in [6, 6.07) is 0.573. The fourth-order valence-electron chi connectivity index (χ4n) is 2.74. The van der Waals surface area contributed by atoms with Crippen molar-refractivity contribution in [1.82, 2.24) is 5.32 Å². The quantitative estimate of drug-likeness (QED) is 0.796. The van der Waals surface area contributed by atoms with Gasteiger partial charge in [0.25, 0.3) is 0 Å². The summed E-state index contributed by atoms with van der Waals surface area (Å²) in [6.45, 7) is 10.4. The molecule has 1 N–H and O–H groups in total. The standard InChI is InChI=1S/C14H29NO/c1-6-9-15-12-8-7-11(14(2,3)4)10-13(12)16-5/h11-13,15H,6-10H2,1-5H3. The first-order chi connectivity index (χ1) is 7.49. The third-order valence-corrected chi connectivity index (χ3v) is 3.98. The van der Waals surface area contributed by atoms with E-state index in [0.29, 0.717) is 17.6 Å². The molecule has 1 rings (SSSR count). The van der Waals surface area contributed by atoms with Crippen LogP contribution in [0.25, 0.3) is 0 Å². The Bertz CT molecular complexity index is 197. The number of rotatable bonds is 4. The fraction of sp³-hybridized carbons (Fsp3) is 1.00. The minimum absolute atomic E-state index is 0.407. The zero-order valence-electron chi connectivity index (χ0n) is 11.7. The van der Waals surface area contributed by atoms with E-state index in [1.807, 2.05) is 7.11 Å². The topological polar surface area (TPSA) is 21.3 Å². The lowest BCUT2D eigenvalue weighted by atomic mass is 9.70. The Morgan fingerprint density at radius 1 is 1.25 bits per heavy atom. The van der Waals surface area contributed by atoms with E-state index in [-0.39, 0.29) is 0 Å². The van der Waals surface area contributed by atoms with Crippen LogP contribution < -0.4 is 5.32 Å². The van der Waals surface area contributed by atoms with Crippen molar-refractivity contribution >= 4 is 0 Å². The molecule has 0 bridgehead atoms. The van der Waals surface area contributed by atoms with Gasteiger partial charge >= 0.3 is 0 Å². The zero-order valence-corrected chi connectivity index (χ0v) is 11.7. The number of ether oxygens (including phenoxy) is 1. The molecule has 16 heavy (non-hydrogen) atoms. The lowest BCUT2D eigenvalue weighted by molar-refractivity contribution is -0.000933. The Morgan fingerprint density at radius 2 is 1.94 bits per heavy atom. The van der Waals surface area contributed by atoms with E-state index in [4.69, 9.17) is 4.74 Å². The van der Waals surface area contributed by atoms with E-state index in [2.05, 4.69) is 33.0 Å². The van der Waals surface area contributed by atoms with E-state index in [9.17, 15) is 0 Å². The van der Waals surface area contributed by atoms with E-state index < -0.39 is 0 Å². The Labute approximate surface area is 101 Å². The molecule has 96 valence electrons. The van der Waals surface area contributed by atoms with Crippen LogP contribution in [0.4, 0.5) is 0 Å². The number of hydrogen-bond acceptors (Lipinski definition) is 2. The van der Waals surface area contributed by atoms with Crippen molar-refractivity contribution in [2.75, 3.05) is 13.7 Å². The van der Waals surface area contributed by atoms with E-state index in [1.54, 1.807) is 0 Å². The van der Waals surface area contributed by atoms with Crippen LogP contribution in [0.5, 0.6) is 0 Å². The molecule has 0 amide bonds. The van der Waals surface area contributed by atoms with Crippen molar-refractivity contribution in [3.8, 4) is 0 Å². The molecule has 1 fully saturated rings. The van der Waals surface area contributed by atoms with Gasteiger partial charge in [0.15, 0.2) is 0 Å². The van der Waals surface area contributed by atoms with Crippen molar-refractivity contribution in [2.45, 2.75) is 65.5 Å². The van der Waals surface area contributed by atoms with Gasteiger partial charge in [-0.1, -0.05) is 27.7 Å². The first-order valence-corrected chi connectivity index (χ1v) is 6.75. The van der Waals surface area contributed by atoms with Gasteiger partial charge < -0.3 is 10.1 Å². The zero-order chi connectivity index (χ0) is 12.2. The summed E-state index contributed by atoms with van der Waals surface area (Å²) in [7, 11) is 1.86. The minimum Gasteiger partial charge on any atom is -0.380 e. The van der Waals surface area contributed by atoms with Gasteiger partial charge in [-0.2, -0.15) is 0 Å². The molecule has 0 saturated heterocycles. The second-order valence-electron chi connectivity index (χ2n) is 6.21. The fourth-order valence-corrected chi connectivity index (χ4v) is 2.74. The molecule has 0 aliphatic heterocycles. The average molecular weight is 227 g/mol. The largest absolute Gasteiger partial charge is 0.380 e. The van der Waals surface area contributed by atoms with Crippen LogP contribution in [0.15, 0.2) is 0 Å². The predicted molar refractivity (Wildman–Crippen MR) is 69.7 cm³/mol. The molecular formula is C14H29NO. The Hall–Kier alpha value is -0.0800. The highest BCUT2D eigenvalue weighted by atomic mass is 16.5. The molecule has 0 radical (unpaired) electrons. The van der Waals surface area contributed by atoms with Crippen LogP contribution >= 0.6 is 0 Å². The Kier molecular flexibility index (Phi) is 5.26. The van der Waals surface area contributed by atoms with E-state index >= 15 is 0 Å². The molecule has 0 heterocycles. The molecule has 0 spiro atoms. The first kappa shape index (κ1) is 14.0. The molecule has 2 heteroatoms. The lowest BCUT2D eigenvalue weighted by Crippen LogP contribution is -2.47. The summed E-state index contributed by atoms with van der Waals surface area (Å²) in [5.41, 5.74) is 0.423. The van der Waals surface area contributed by atoms with Gasteiger partial charge in [0.2, 0.25) is 0 Å². The third kappa shape index (κ3) is 3.74. The van der Waals surface area contributed by atoms with Gasteiger partial charge in [-0.15, -0.1) is 0 Å². The van der Waals surface area contributed by atoms with Crippen molar-refractivity contribution < 1.29 is 4.74 Å². The SMILES string of the molecule is CCCNC1CCC(C(C)(C)C)CC1OC. The van der Waals surface area contributed by atoms with E-state index in [1.165, 1.54) is 25.7 Å². The van der Waals surface area contributed by atoms with Crippen LogP contribution in [0, 0.1) is 11.3 Å². The maximum atomic E-state index is 5.66. The smallest absolute Gasteiger partial charge is 0.0727 e. The van der Waals surface area contributed by atoms with Gasteiger partial charge in [0.05, 0.1) is 6.10 Å². The molecule has 1 aliphatic rings. The molecule has 1 saturated carbocycles. The summed E-state index contributed by atoms with van der Waals surface area (Å²) in [5.74, 6) is 0.803. The van der Waals surface area contributed by atoms with Gasteiger partial charge in [-0.3, -0.25) is 0 Å². The Morgan fingerprint density at radius 3 is 2.44 bits per heavy atom. The molecule has 0 aromatic carbocycles. The lowest BCUT2D eigenvalue weighted by Gasteiger charge is -2.41. The summed E-state index contributed by atoms with van der Waals surface area (Å²) >= 11 is 0. The molecule has 3 atom stereocenters. The van der Waals surface area contributed by atoms with Gasteiger partial charge in [0, 0.05) is 13.2 Å². The normalized spacial score (nSPS) is 31.7. The van der Waals surface area contributed by atoms with Gasteiger partial charge in [-0.25, -0.2) is 0 Å². The van der Waals surface area contributed by atoms with E-state index in [0.717, 1.165) is 12.5 Å². The average Bonchev–Trinajstić information content (AvgIpc) is 2.24. The monoisotopic (exact) mass is 227 g/mol. The molecule has 0 aromatic heterocycles. The van der Waals surface area contributed by atoms with Crippen LogP contribution in [-0.4, -0.2) is 25.8 Å². The summed E-state index contributed by atoms with van der Waals surface area (Å²) in [6.07, 6.45) is 5.42. The summed E-state index contributed by atoms with van der Waals surface area (Å²) in [4.78, 5) is 0. The molecule has 1 aliphatic carbocycles. The van der Waals surface area contributed by atoms with Crippen molar-refractivity contribution in [2.24, 2.45) is 11.3 Å². The van der Waals surface area contributed by atoms with Crippen LogP contribution in [0.3, 0.4) is 0 Å². The predicted octanol–water partition coefficient (Wildman–Crippen LogP) is 3.22. The van der Waals surface area contributed by atoms with Gasteiger partial charge in [0.1, 0.15) is 0 Å². The Balaban J connectivity index is 2.50. The third-order valence-electron chi connectivity index (χ3n) is 3.98. The number of methoxy groups -OCH3 is 1. The minimum atomic E-state index is 0.407.